The molecular weight excluding hydrogens is 335 g/mol. The van der Waals surface area contributed by atoms with E-state index >= 15 is 0 Å². The van der Waals surface area contributed by atoms with Crippen LogP contribution in [-0.4, -0.2) is 17.1 Å². The van der Waals surface area contributed by atoms with Crippen LogP contribution in [0.15, 0.2) is 0 Å². The summed E-state index contributed by atoms with van der Waals surface area (Å²) in [7, 11) is 0. The number of halogens is 3. The standard InChI is InChI=1S/C14H19Cl3N2O2/c1-3-4-5-6-7-8(2)21-14(20)12-9(15)11(18)10(16)13(17)19-12/h8H,3-7H2,1-2H3,(H2,18,19). The maximum Gasteiger partial charge on any atom is 0.358 e. The van der Waals surface area contributed by atoms with Crippen LogP contribution in [-0.2, 0) is 4.74 Å². The van der Waals surface area contributed by atoms with Gasteiger partial charge in [-0.3, -0.25) is 0 Å². The van der Waals surface area contributed by atoms with Gasteiger partial charge in [-0.1, -0.05) is 61.0 Å². The van der Waals surface area contributed by atoms with Crippen molar-refractivity contribution in [1.29, 1.82) is 0 Å². The van der Waals surface area contributed by atoms with E-state index in [4.69, 9.17) is 45.3 Å². The maximum absolute atomic E-state index is 12.1. The number of nitrogen functional groups attached to an aromatic ring is 1. The van der Waals surface area contributed by atoms with Crippen molar-refractivity contribution < 1.29 is 9.53 Å². The van der Waals surface area contributed by atoms with Crippen LogP contribution in [0.5, 0.6) is 0 Å². The highest BCUT2D eigenvalue weighted by atomic mass is 35.5. The third-order valence-electron chi connectivity index (χ3n) is 3.04. The molecule has 7 heteroatoms. The van der Waals surface area contributed by atoms with Gasteiger partial charge in [-0.05, 0) is 19.8 Å². The summed E-state index contributed by atoms with van der Waals surface area (Å²) in [6.45, 7) is 3.98. The molecule has 0 radical (unpaired) electrons. The van der Waals surface area contributed by atoms with Crippen molar-refractivity contribution in [3.8, 4) is 0 Å². The van der Waals surface area contributed by atoms with Gasteiger partial charge in [0.1, 0.15) is 5.02 Å². The summed E-state index contributed by atoms with van der Waals surface area (Å²) >= 11 is 17.6. The lowest BCUT2D eigenvalue weighted by Gasteiger charge is -2.14. The average molecular weight is 354 g/mol. The molecule has 118 valence electrons. The van der Waals surface area contributed by atoms with E-state index in [1.165, 1.54) is 6.42 Å². The van der Waals surface area contributed by atoms with Crippen molar-refractivity contribution in [2.45, 2.75) is 52.1 Å². The van der Waals surface area contributed by atoms with Crippen LogP contribution < -0.4 is 5.73 Å². The topological polar surface area (TPSA) is 65.2 Å². The Bertz CT molecular complexity index is 509. The molecule has 21 heavy (non-hydrogen) atoms. The van der Waals surface area contributed by atoms with E-state index in [0.717, 1.165) is 25.7 Å². The van der Waals surface area contributed by atoms with Gasteiger partial charge in [0.15, 0.2) is 10.8 Å². The van der Waals surface area contributed by atoms with E-state index in [9.17, 15) is 4.79 Å². The number of pyridine rings is 1. The van der Waals surface area contributed by atoms with Gasteiger partial charge in [-0.15, -0.1) is 0 Å². The second-order valence-corrected chi connectivity index (χ2v) is 5.97. The van der Waals surface area contributed by atoms with Crippen LogP contribution in [0.3, 0.4) is 0 Å². The van der Waals surface area contributed by atoms with Crippen LogP contribution in [0, 0.1) is 0 Å². The lowest BCUT2D eigenvalue weighted by Crippen LogP contribution is -2.17. The fraction of sp³-hybridized carbons (Fsp3) is 0.571. The monoisotopic (exact) mass is 352 g/mol. The summed E-state index contributed by atoms with van der Waals surface area (Å²) in [5, 5.41) is -0.0699. The molecule has 0 aliphatic rings. The number of hydrogen-bond acceptors (Lipinski definition) is 4. The van der Waals surface area contributed by atoms with Gasteiger partial charge in [-0.2, -0.15) is 0 Å². The molecule has 0 fully saturated rings. The Morgan fingerprint density at radius 3 is 2.52 bits per heavy atom. The summed E-state index contributed by atoms with van der Waals surface area (Å²) in [5.41, 5.74) is 5.59. The van der Waals surface area contributed by atoms with Crippen molar-refractivity contribution in [1.82, 2.24) is 4.98 Å². The van der Waals surface area contributed by atoms with E-state index in [2.05, 4.69) is 11.9 Å². The van der Waals surface area contributed by atoms with Crippen LogP contribution in [0.2, 0.25) is 15.2 Å². The van der Waals surface area contributed by atoms with Crippen molar-refractivity contribution in [2.24, 2.45) is 0 Å². The van der Waals surface area contributed by atoms with Gasteiger partial charge < -0.3 is 10.5 Å². The molecule has 1 aromatic rings. The van der Waals surface area contributed by atoms with E-state index < -0.39 is 5.97 Å². The summed E-state index contributed by atoms with van der Waals surface area (Å²) in [4.78, 5) is 15.9. The van der Waals surface area contributed by atoms with Gasteiger partial charge in [0, 0.05) is 0 Å². The fourth-order valence-corrected chi connectivity index (χ4v) is 2.41. The van der Waals surface area contributed by atoms with E-state index in [0.29, 0.717) is 0 Å². The van der Waals surface area contributed by atoms with Crippen LogP contribution >= 0.6 is 34.8 Å². The van der Waals surface area contributed by atoms with Crippen LogP contribution in [0.4, 0.5) is 5.69 Å². The van der Waals surface area contributed by atoms with Gasteiger partial charge in [0.25, 0.3) is 0 Å². The smallest absolute Gasteiger partial charge is 0.358 e. The minimum atomic E-state index is -0.645. The van der Waals surface area contributed by atoms with Gasteiger partial charge in [0.05, 0.1) is 16.8 Å². The molecule has 0 saturated heterocycles. The lowest BCUT2D eigenvalue weighted by atomic mass is 10.1. The Morgan fingerprint density at radius 2 is 1.90 bits per heavy atom. The predicted octanol–water partition coefficient (Wildman–Crippen LogP) is 5.14. The molecule has 0 spiro atoms. The number of ether oxygens (including phenoxy) is 1. The third kappa shape index (κ3) is 5.20. The third-order valence-corrected chi connectivity index (χ3v) is 4.17. The second kappa shape index (κ2) is 8.66. The fourth-order valence-electron chi connectivity index (χ4n) is 1.82. The molecule has 1 aromatic heterocycles. The zero-order valence-electron chi connectivity index (χ0n) is 12.1. The predicted molar refractivity (Wildman–Crippen MR) is 87.3 cm³/mol. The minimum absolute atomic E-state index is 0.0286. The zero-order chi connectivity index (χ0) is 16.0. The molecular formula is C14H19Cl3N2O2. The lowest BCUT2D eigenvalue weighted by molar-refractivity contribution is 0.0313. The Balaban J connectivity index is 2.68. The maximum atomic E-state index is 12.1. The van der Waals surface area contributed by atoms with Gasteiger partial charge in [0.2, 0.25) is 0 Å². The molecule has 2 N–H and O–H groups in total. The van der Waals surface area contributed by atoms with Crippen LogP contribution in [0.1, 0.15) is 56.4 Å². The Kier molecular flexibility index (Phi) is 7.57. The SMILES string of the molecule is CCCCCCC(C)OC(=O)c1nc(Cl)c(Cl)c(N)c1Cl. The first-order valence-corrected chi connectivity index (χ1v) is 8.02. The molecule has 0 aromatic carbocycles. The first-order valence-electron chi connectivity index (χ1n) is 6.89. The first-order chi connectivity index (χ1) is 9.88. The van der Waals surface area contributed by atoms with Crippen molar-refractivity contribution in [3.05, 3.63) is 20.9 Å². The number of carbonyl (C=O) groups excluding carboxylic acids is 1. The molecule has 0 aliphatic heterocycles. The summed E-state index contributed by atoms with van der Waals surface area (Å²) in [6.07, 6.45) is 5.04. The van der Waals surface area contributed by atoms with Crippen LogP contribution in [0.25, 0.3) is 0 Å². The van der Waals surface area contributed by atoms with Gasteiger partial charge in [-0.25, -0.2) is 9.78 Å². The molecule has 1 atom stereocenters. The number of aromatic nitrogens is 1. The summed E-state index contributed by atoms with van der Waals surface area (Å²) < 4.78 is 5.30. The van der Waals surface area contributed by atoms with Crippen molar-refractivity contribution in [3.63, 3.8) is 0 Å². The number of carbonyl (C=O) groups is 1. The number of anilines is 1. The number of esters is 1. The number of nitrogens with zero attached hydrogens (tertiary/aromatic N) is 1. The summed E-state index contributed by atoms with van der Waals surface area (Å²) in [5.74, 6) is -0.645. The average Bonchev–Trinajstić information content (AvgIpc) is 2.45. The first kappa shape index (κ1) is 18.3. The molecule has 4 nitrogen and oxygen atoms in total. The number of rotatable bonds is 7. The number of nitrogens with two attached hydrogens (primary N) is 1. The zero-order valence-corrected chi connectivity index (χ0v) is 14.4. The molecule has 1 heterocycles. The molecule has 0 saturated carbocycles. The molecule has 1 unspecified atom stereocenters. The molecule has 0 bridgehead atoms. The largest absolute Gasteiger partial charge is 0.458 e. The number of hydrogen-bond donors (Lipinski definition) is 1. The summed E-state index contributed by atoms with van der Waals surface area (Å²) in [6, 6.07) is 0. The Labute approximate surface area is 139 Å². The van der Waals surface area contributed by atoms with E-state index in [1.54, 1.807) is 0 Å². The minimum Gasteiger partial charge on any atom is -0.458 e. The van der Waals surface area contributed by atoms with E-state index in [-0.39, 0.29) is 32.7 Å². The normalized spacial score (nSPS) is 12.2. The van der Waals surface area contributed by atoms with Crippen molar-refractivity contribution >= 4 is 46.5 Å². The molecule has 1 rings (SSSR count). The van der Waals surface area contributed by atoms with Gasteiger partial charge >= 0.3 is 5.97 Å². The van der Waals surface area contributed by atoms with Crippen molar-refractivity contribution in [2.75, 3.05) is 5.73 Å². The quantitative estimate of drug-likeness (QED) is 0.419. The highest BCUT2D eigenvalue weighted by Gasteiger charge is 2.22. The Morgan fingerprint density at radius 1 is 1.24 bits per heavy atom. The number of unbranched alkanes of at least 4 members (excludes halogenated alkanes) is 3. The molecule has 0 aliphatic carbocycles. The second-order valence-electron chi connectivity index (χ2n) is 4.86. The van der Waals surface area contributed by atoms with E-state index in [1.807, 2.05) is 6.92 Å². The Hall–Kier alpha value is -0.710. The highest BCUT2D eigenvalue weighted by Crippen LogP contribution is 2.34. The highest BCUT2D eigenvalue weighted by molar-refractivity contribution is 6.46. The molecule has 0 amide bonds.